The fourth-order valence-corrected chi connectivity index (χ4v) is 1.48. The number of halogens is 1. The molecule has 0 saturated heterocycles. The molecule has 0 bridgehead atoms. The summed E-state index contributed by atoms with van der Waals surface area (Å²) in [5.41, 5.74) is 3.35. The molecular formula is C11H14BrNO2. The highest BCUT2D eigenvalue weighted by atomic mass is 79.9. The van der Waals surface area contributed by atoms with Crippen molar-refractivity contribution in [2.45, 2.75) is 20.4 Å². The molecule has 0 fully saturated rings. The number of rotatable bonds is 3. The molecule has 0 unspecified atom stereocenters. The van der Waals surface area contributed by atoms with Crippen LogP contribution in [0.15, 0.2) is 12.1 Å². The number of hydrogen-bond acceptors (Lipinski definition) is 2. The minimum Gasteiger partial charge on any atom is -0.496 e. The van der Waals surface area contributed by atoms with Crippen molar-refractivity contribution in [3.8, 4) is 5.75 Å². The molecule has 4 heteroatoms. The van der Waals surface area contributed by atoms with Gasteiger partial charge in [0.2, 0.25) is 0 Å². The van der Waals surface area contributed by atoms with Crippen molar-refractivity contribution < 1.29 is 9.53 Å². The number of benzene rings is 1. The van der Waals surface area contributed by atoms with E-state index < -0.39 is 0 Å². The summed E-state index contributed by atoms with van der Waals surface area (Å²) in [6.45, 7) is 4.54. The minimum atomic E-state index is -0.220. The van der Waals surface area contributed by atoms with Gasteiger partial charge in [-0.15, -0.1) is 0 Å². The van der Waals surface area contributed by atoms with Crippen LogP contribution in [-0.4, -0.2) is 11.9 Å². The van der Waals surface area contributed by atoms with Gasteiger partial charge in [0.25, 0.3) is 4.82 Å². The second kappa shape index (κ2) is 5.16. The summed E-state index contributed by atoms with van der Waals surface area (Å²) in [4.78, 5) is 10.5. The molecule has 15 heavy (non-hydrogen) atoms. The van der Waals surface area contributed by atoms with Gasteiger partial charge < -0.3 is 10.1 Å². The van der Waals surface area contributed by atoms with E-state index in [9.17, 15) is 4.79 Å². The highest BCUT2D eigenvalue weighted by Gasteiger charge is 2.06. The maximum Gasteiger partial charge on any atom is 0.287 e. The van der Waals surface area contributed by atoms with Gasteiger partial charge in [0.05, 0.1) is 7.11 Å². The fourth-order valence-electron chi connectivity index (χ4n) is 1.34. The topological polar surface area (TPSA) is 38.3 Å². The monoisotopic (exact) mass is 271 g/mol. The zero-order valence-electron chi connectivity index (χ0n) is 9.06. The molecule has 82 valence electrons. The quantitative estimate of drug-likeness (QED) is 0.678. The number of methoxy groups -OCH3 is 1. The normalized spacial score (nSPS) is 9.87. The Morgan fingerprint density at radius 1 is 1.40 bits per heavy atom. The number of carbonyl (C=O) groups is 1. The minimum absolute atomic E-state index is 0.220. The zero-order chi connectivity index (χ0) is 11.4. The first-order valence-electron chi connectivity index (χ1n) is 4.62. The molecule has 1 N–H and O–H groups in total. The lowest BCUT2D eigenvalue weighted by atomic mass is 10.1. The molecule has 1 amide bonds. The summed E-state index contributed by atoms with van der Waals surface area (Å²) in [5.74, 6) is 0.805. The number of amides is 1. The van der Waals surface area contributed by atoms with Crippen LogP contribution in [0.25, 0.3) is 0 Å². The Balaban J connectivity index is 2.94. The van der Waals surface area contributed by atoms with Crippen molar-refractivity contribution in [2.75, 3.05) is 7.11 Å². The van der Waals surface area contributed by atoms with Crippen LogP contribution in [-0.2, 0) is 6.54 Å². The van der Waals surface area contributed by atoms with Gasteiger partial charge in [-0.05, 0) is 31.0 Å². The molecule has 1 rings (SSSR count). The largest absolute Gasteiger partial charge is 0.496 e. The average Bonchev–Trinajstić information content (AvgIpc) is 2.19. The molecule has 1 aromatic rings. The van der Waals surface area contributed by atoms with Gasteiger partial charge in [-0.2, -0.15) is 0 Å². The van der Waals surface area contributed by atoms with Crippen LogP contribution in [0.4, 0.5) is 4.79 Å². The lowest BCUT2D eigenvalue weighted by Gasteiger charge is -2.11. The Morgan fingerprint density at radius 3 is 2.53 bits per heavy atom. The van der Waals surface area contributed by atoms with E-state index in [0.29, 0.717) is 6.54 Å². The number of carbonyl (C=O) groups excluding carboxylic acids is 1. The lowest BCUT2D eigenvalue weighted by molar-refractivity contribution is 0.261. The van der Waals surface area contributed by atoms with E-state index in [-0.39, 0.29) is 4.82 Å². The fraction of sp³-hybridized carbons (Fsp3) is 0.364. The molecule has 0 aliphatic rings. The second-order valence-electron chi connectivity index (χ2n) is 3.38. The Hall–Kier alpha value is -1.03. The first kappa shape index (κ1) is 12.0. The standard InChI is InChI=1S/C11H14BrNO2/c1-7-4-9(6-13-11(12)14)10(15-3)5-8(7)2/h4-5H,6H2,1-3H3,(H,13,14). The zero-order valence-corrected chi connectivity index (χ0v) is 10.6. The molecule has 0 aliphatic carbocycles. The summed E-state index contributed by atoms with van der Waals surface area (Å²) in [5, 5.41) is 2.68. The molecular weight excluding hydrogens is 258 g/mol. The van der Waals surface area contributed by atoms with Crippen LogP contribution in [0, 0.1) is 13.8 Å². The summed E-state index contributed by atoms with van der Waals surface area (Å²) in [6.07, 6.45) is 0. The summed E-state index contributed by atoms with van der Waals surface area (Å²) < 4.78 is 5.25. The van der Waals surface area contributed by atoms with E-state index in [0.717, 1.165) is 11.3 Å². The van der Waals surface area contributed by atoms with E-state index in [1.54, 1.807) is 7.11 Å². The van der Waals surface area contributed by atoms with Gasteiger partial charge in [0.15, 0.2) is 0 Å². The Morgan fingerprint density at radius 2 is 2.00 bits per heavy atom. The number of nitrogens with one attached hydrogen (secondary N) is 1. The third kappa shape index (κ3) is 3.23. The van der Waals surface area contributed by atoms with Crippen molar-refractivity contribution in [1.29, 1.82) is 0 Å². The highest BCUT2D eigenvalue weighted by molar-refractivity contribution is 9.18. The molecule has 3 nitrogen and oxygen atoms in total. The van der Waals surface area contributed by atoms with Crippen LogP contribution in [0.5, 0.6) is 5.75 Å². The molecule has 0 spiro atoms. The number of ether oxygens (including phenoxy) is 1. The van der Waals surface area contributed by atoms with Gasteiger partial charge in [0, 0.05) is 28.0 Å². The number of hydrogen-bond donors (Lipinski definition) is 1. The predicted octanol–water partition coefficient (Wildman–Crippen LogP) is 2.92. The van der Waals surface area contributed by atoms with E-state index in [1.807, 2.05) is 26.0 Å². The maximum atomic E-state index is 10.7. The van der Waals surface area contributed by atoms with Gasteiger partial charge in [-0.25, -0.2) is 0 Å². The number of aryl methyl sites for hydroxylation is 2. The SMILES string of the molecule is COc1cc(C)c(C)cc1CNC(=O)Br. The van der Waals surface area contributed by atoms with Crippen molar-refractivity contribution in [1.82, 2.24) is 5.32 Å². The summed E-state index contributed by atoms with van der Waals surface area (Å²) in [6, 6.07) is 4.00. The van der Waals surface area contributed by atoms with E-state index in [4.69, 9.17) is 4.74 Å². The van der Waals surface area contributed by atoms with E-state index >= 15 is 0 Å². The Kier molecular flexibility index (Phi) is 4.15. The van der Waals surface area contributed by atoms with E-state index in [1.165, 1.54) is 11.1 Å². The van der Waals surface area contributed by atoms with Crippen molar-refractivity contribution >= 4 is 20.7 Å². The van der Waals surface area contributed by atoms with Crippen LogP contribution in [0.1, 0.15) is 16.7 Å². The summed E-state index contributed by atoms with van der Waals surface area (Å²) in [7, 11) is 1.63. The predicted molar refractivity (Wildman–Crippen MR) is 63.6 cm³/mol. The third-order valence-corrected chi connectivity index (χ3v) is 2.59. The van der Waals surface area contributed by atoms with Gasteiger partial charge >= 0.3 is 0 Å². The summed E-state index contributed by atoms with van der Waals surface area (Å²) >= 11 is 2.82. The van der Waals surface area contributed by atoms with Gasteiger partial charge in [-0.1, -0.05) is 6.07 Å². The molecule has 0 atom stereocenters. The lowest BCUT2D eigenvalue weighted by Crippen LogP contribution is -2.15. The van der Waals surface area contributed by atoms with E-state index in [2.05, 4.69) is 21.2 Å². The molecule has 0 radical (unpaired) electrons. The van der Waals surface area contributed by atoms with Crippen molar-refractivity contribution in [3.63, 3.8) is 0 Å². The highest BCUT2D eigenvalue weighted by Crippen LogP contribution is 2.22. The maximum absolute atomic E-state index is 10.7. The van der Waals surface area contributed by atoms with Crippen LogP contribution in [0.3, 0.4) is 0 Å². The van der Waals surface area contributed by atoms with Gasteiger partial charge in [-0.3, -0.25) is 4.79 Å². The smallest absolute Gasteiger partial charge is 0.287 e. The molecule has 1 aromatic carbocycles. The first-order valence-corrected chi connectivity index (χ1v) is 5.41. The Bertz CT molecular complexity index is 377. The van der Waals surface area contributed by atoms with Crippen molar-refractivity contribution in [3.05, 3.63) is 28.8 Å². The van der Waals surface area contributed by atoms with Crippen LogP contribution >= 0.6 is 15.9 Å². The Labute approximate surface area is 97.9 Å². The molecule has 0 heterocycles. The van der Waals surface area contributed by atoms with Crippen LogP contribution in [0.2, 0.25) is 0 Å². The molecule has 0 aliphatic heterocycles. The first-order chi connectivity index (χ1) is 7.04. The third-order valence-electron chi connectivity index (χ3n) is 2.31. The second-order valence-corrected chi connectivity index (χ2v) is 4.10. The van der Waals surface area contributed by atoms with Gasteiger partial charge in [0.1, 0.15) is 5.75 Å². The molecule has 0 saturated carbocycles. The van der Waals surface area contributed by atoms with Crippen molar-refractivity contribution in [2.24, 2.45) is 0 Å². The van der Waals surface area contributed by atoms with Crippen LogP contribution < -0.4 is 10.1 Å². The molecule has 0 aromatic heterocycles. The average molecular weight is 272 g/mol.